The van der Waals surface area contributed by atoms with Crippen molar-refractivity contribution >= 4 is 32.6 Å². The molecule has 0 bridgehead atoms. The number of aromatic nitrogens is 1. The Bertz CT molecular complexity index is 823. The zero-order chi connectivity index (χ0) is 19.5. The zero-order valence-electron chi connectivity index (χ0n) is 16.3. The lowest BCUT2D eigenvalue weighted by atomic mass is 9.85. The molecule has 1 amide bonds. The maximum atomic E-state index is 12.5. The van der Waals surface area contributed by atoms with E-state index in [1.54, 1.807) is 7.11 Å². The first-order valence-corrected chi connectivity index (χ1v) is 11.0. The van der Waals surface area contributed by atoms with E-state index in [0.717, 1.165) is 67.7 Å². The predicted octanol–water partition coefficient (Wildman–Crippen LogP) is 4.08. The third-order valence-electron chi connectivity index (χ3n) is 5.95. The second kappa shape index (κ2) is 8.76. The monoisotopic (exact) mass is 404 g/mol. The summed E-state index contributed by atoms with van der Waals surface area (Å²) in [5.74, 6) is 1.56. The smallest absolute Gasteiger partial charge is 0.226 e. The number of anilines is 1. The number of thiazole rings is 1. The fourth-order valence-electron chi connectivity index (χ4n) is 4.33. The van der Waals surface area contributed by atoms with Crippen molar-refractivity contribution in [2.24, 2.45) is 5.92 Å². The van der Waals surface area contributed by atoms with Gasteiger partial charge in [0.1, 0.15) is 11.3 Å². The predicted molar refractivity (Wildman–Crippen MR) is 110 cm³/mol. The molecule has 1 aliphatic heterocycles. The Morgan fingerprint density at radius 3 is 2.71 bits per heavy atom. The molecule has 1 aromatic heterocycles. The molecule has 7 heteroatoms. The molecule has 1 aromatic carbocycles. The van der Waals surface area contributed by atoms with Crippen LogP contribution in [-0.2, 0) is 9.53 Å². The van der Waals surface area contributed by atoms with Crippen LogP contribution in [0, 0.1) is 5.92 Å². The number of fused-ring (bicyclic) bond motifs is 1. The van der Waals surface area contributed by atoms with Crippen molar-refractivity contribution in [2.75, 3.05) is 25.6 Å². The maximum Gasteiger partial charge on any atom is 0.226 e. The molecular formula is C21H28N2O4S. The van der Waals surface area contributed by atoms with Crippen LogP contribution in [-0.4, -0.2) is 42.4 Å². The Hall–Kier alpha value is -1.70. The number of nitrogens with zero attached hydrogens (tertiary/aromatic N) is 1. The highest BCUT2D eigenvalue weighted by atomic mass is 32.1. The number of carbonyl (C=O) groups is 1. The summed E-state index contributed by atoms with van der Waals surface area (Å²) in [6.45, 7) is 1.58. The first-order chi connectivity index (χ1) is 13.6. The van der Waals surface area contributed by atoms with Gasteiger partial charge in [0.2, 0.25) is 5.91 Å². The van der Waals surface area contributed by atoms with E-state index in [4.69, 9.17) is 9.47 Å². The first kappa shape index (κ1) is 19.6. The van der Waals surface area contributed by atoms with Crippen LogP contribution in [0.15, 0.2) is 12.1 Å². The molecule has 28 heavy (non-hydrogen) atoms. The van der Waals surface area contributed by atoms with E-state index in [1.807, 2.05) is 6.07 Å². The van der Waals surface area contributed by atoms with Crippen molar-refractivity contribution in [3.63, 3.8) is 0 Å². The number of amides is 1. The molecular weight excluding hydrogens is 376 g/mol. The van der Waals surface area contributed by atoms with E-state index < -0.39 is 0 Å². The molecule has 6 nitrogen and oxygen atoms in total. The lowest BCUT2D eigenvalue weighted by Gasteiger charge is -2.24. The van der Waals surface area contributed by atoms with Gasteiger partial charge in [0.05, 0.1) is 17.9 Å². The van der Waals surface area contributed by atoms with E-state index in [9.17, 15) is 9.90 Å². The number of aliphatic hydroxyl groups is 1. The molecule has 2 fully saturated rings. The summed E-state index contributed by atoms with van der Waals surface area (Å²) in [6.07, 6.45) is 5.73. The number of aliphatic hydroxyl groups excluding tert-OH is 1. The summed E-state index contributed by atoms with van der Waals surface area (Å²) < 4.78 is 12.1. The molecule has 2 N–H and O–H groups in total. The average Bonchev–Trinajstić information content (AvgIpc) is 3.13. The van der Waals surface area contributed by atoms with Gasteiger partial charge in [0, 0.05) is 19.6 Å². The summed E-state index contributed by atoms with van der Waals surface area (Å²) in [4.78, 5) is 17.2. The third kappa shape index (κ3) is 4.31. The van der Waals surface area contributed by atoms with Crippen LogP contribution in [0.5, 0.6) is 5.75 Å². The summed E-state index contributed by atoms with van der Waals surface area (Å²) >= 11 is 1.53. The topological polar surface area (TPSA) is 80.7 Å². The Kier molecular flexibility index (Phi) is 6.13. The fraction of sp³-hybridized carbons (Fsp3) is 0.619. The van der Waals surface area contributed by atoms with Gasteiger partial charge in [-0.15, -0.1) is 0 Å². The van der Waals surface area contributed by atoms with Crippen molar-refractivity contribution in [3.05, 3.63) is 17.7 Å². The van der Waals surface area contributed by atoms with Crippen LogP contribution in [0.2, 0.25) is 0 Å². The molecule has 152 valence electrons. The average molecular weight is 405 g/mol. The van der Waals surface area contributed by atoms with Crippen molar-refractivity contribution in [1.29, 1.82) is 0 Å². The van der Waals surface area contributed by atoms with E-state index in [0.29, 0.717) is 23.4 Å². The molecule has 2 aliphatic rings. The zero-order valence-corrected chi connectivity index (χ0v) is 17.1. The minimum atomic E-state index is -0.195. The van der Waals surface area contributed by atoms with Gasteiger partial charge in [0.15, 0.2) is 5.13 Å². The third-order valence-corrected chi connectivity index (χ3v) is 6.97. The fourth-order valence-corrected chi connectivity index (χ4v) is 5.42. The largest absolute Gasteiger partial charge is 0.494 e. The van der Waals surface area contributed by atoms with E-state index in [2.05, 4.69) is 16.4 Å². The molecule has 4 rings (SSSR count). The molecule has 0 spiro atoms. The lowest BCUT2D eigenvalue weighted by Crippen LogP contribution is -2.22. The number of methoxy groups -OCH3 is 1. The number of hydrogen-bond acceptors (Lipinski definition) is 6. The van der Waals surface area contributed by atoms with E-state index >= 15 is 0 Å². The van der Waals surface area contributed by atoms with Crippen LogP contribution in [0.1, 0.15) is 56.4 Å². The first-order valence-electron chi connectivity index (χ1n) is 10.2. The van der Waals surface area contributed by atoms with Crippen LogP contribution < -0.4 is 10.1 Å². The summed E-state index contributed by atoms with van der Waals surface area (Å²) in [5, 5.41) is 13.3. The number of benzene rings is 1. The molecule has 1 saturated heterocycles. The minimum absolute atomic E-state index is 0.00651. The van der Waals surface area contributed by atoms with E-state index in [1.165, 1.54) is 16.9 Å². The molecule has 0 radical (unpaired) electrons. The Morgan fingerprint density at radius 1 is 1.25 bits per heavy atom. The Labute approximate surface area is 169 Å². The van der Waals surface area contributed by atoms with Crippen molar-refractivity contribution in [1.82, 2.24) is 4.98 Å². The normalized spacial score (nSPS) is 23.6. The SMILES string of the molecule is COc1ccc(C2CCOCC2)c2sc(NC(=O)CC3CCC(O)CC3)nc12. The molecule has 0 atom stereocenters. The second-order valence-corrected chi connectivity index (χ2v) is 8.87. The van der Waals surface area contributed by atoms with Crippen LogP contribution >= 0.6 is 11.3 Å². The Balaban J connectivity index is 1.52. The van der Waals surface area contributed by atoms with Crippen LogP contribution in [0.25, 0.3) is 10.2 Å². The van der Waals surface area contributed by atoms with Crippen molar-refractivity contribution < 1.29 is 19.4 Å². The van der Waals surface area contributed by atoms with Gasteiger partial charge in [-0.2, -0.15) is 0 Å². The Morgan fingerprint density at radius 2 is 2.00 bits per heavy atom. The number of hydrogen-bond donors (Lipinski definition) is 2. The molecule has 1 aliphatic carbocycles. The minimum Gasteiger partial charge on any atom is -0.494 e. The van der Waals surface area contributed by atoms with Gasteiger partial charge in [-0.05, 0) is 62.0 Å². The highest BCUT2D eigenvalue weighted by Gasteiger charge is 2.24. The number of rotatable bonds is 5. The standard InChI is InChI=1S/C21H28N2O4S/c1-26-17-7-6-16(14-8-10-27-11-9-14)20-19(17)23-21(28-20)22-18(25)12-13-2-4-15(24)5-3-13/h6-7,13-15,24H,2-5,8-12H2,1H3,(H,22,23,25). The second-order valence-electron chi connectivity index (χ2n) is 7.87. The van der Waals surface area contributed by atoms with E-state index in [-0.39, 0.29) is 12.0 Å². The maximum absolute atomic E-state index is 12.5. The summed E-state index contributed by atoms with van der Waals surface area (Å²) in [5.41, 5.74) is 2.10. The number of nitrogens with one attached hydrogen (secondary N) is 1. The molecule has 1 saturated carbocycles. The van der Waals surface area contributed by atoms with Gasteiger partial charge in [-0.1, -0.05) is 17.4 Å². The van der Waals surface area contributed by atoms with Gasteiger partial charge in [-0.25, -0.2) is 4.98 Å². The summed E-state index contributed by atoms with van der Waals surface area (Å²) in [7, 11) is 1.65. The van der Waals surface area contributed by atoms with Crippen LogP contribution in [0.3, 0.4) is 0 Å². The summed E-state index contributed by atoms with van der Waals surface area (Å²) in [6, 6.07) is 4.11. The van der Waals surface area contributed by atoms with Gasteiger partial charge in [-0.3, -0.25) is 4.79 Å². The molecule has 2 aromatic rings. The quantitative estimate of drug-likeness (QED) is 0.785. The van der Waals surface area contributed by atoms with Crippen molar-refractivity contribution in [2.45, 2.75) is 57.0 Å². The van der Waals surface area contributed by atoms with Gasteiger partial charge in [0.25, 0.3) is 0 Å². The number of ether oxygens (including phenoxy) is 2. The van der Waals surface area contributed by atoms with Crippen LogP contribution in [0.4, 0.5) is 5.13 Å². The van der Waals surface area contributed by atoms with Gasteiger partial charge < -0.3 is 19.9 Å². The molecule has 2 heterocycles. The van der Waals surface area contributed by atoms with Crippen molar-refractivity contribution in [3.8, 4) is 5.75 Å². The number of carbonyl (C=O) groups excluding carboxylic acids is 1. The highest BCUT2D eigenvalue weighted by molar-refractivity contribution is 7.22. The van der Waals surface area contributed by atoms with Gasteiger partial charge >= 0.3 is 0 Å². The molecule has 0 unspecified atom stereocenters. The lowest BCUT2D eigenvalue weighted by molar-refractivity contribution is -0.117. The highest BCUT2D eigenvalue weighted by Crippen LogP contribution is 2.40.